The van der Waals surface area contributed by atoms with Crippen LogP contribution in [-0.4, -0.2) is 0 Å². The Labute approximate surface area is 135 Å². The second kappa shape index (κ2) is 6.91. The molecule has 0 bridgehead atoms. The van der Waals surface area contributed by atoms with Gasteiger partial charge in [0.05, 0.1) is 3.79 Å². The molecule has 0 spiro atoms. The van der Waals surface area contributed by atoms with Crippen LogP contribution in [0.2, 0.25) is 0 Å². The molecule has 1 aromatic heterocycles. The van der Waals surface area contributed by atoms with Crippen molar-refractivity contribution >= 4 is 48.9 Å². The van der Waals surface area contributed by atoms with E-state index >= 15 is 0 Å². The minimum atomic E-state index is 0.637. The molecule has 102 valence electrons. The average Bonchev–Trinajstić information content (AvgIpc) is 2.75. The van der Waals surface area contributed by atoms with Gasteiger partial charge in [0.1, 0.15) is 0 Å². The lowest BCUT2D eigenvalue weighted by atomic mass is 9.99. The zero-order chi connectivity index (χ0) is 13.8. The molecule has 0 aliphatic rings. The molecule has 1 aromatic carbocycles. The van der Waals surface area contributed by atoms with Crippen LogP contribution in [0.15, 0.2) is 38.6 Å². The van der Waals surface area contributed by atoms with E-state index in [-0.39, 0.29) is 0 Å². The summed E-state index contributed by atoms with van der Waals surface area (Å²) < 4.78 is 2.28. The van der Waals surface area contributed by atoms with Crippen molar-refractivity contribution in [3.63, 3.8) is 0 Å². The van der Waals surface area contributed by atoms with Gasteiger partial charge >= 0.3 is 0 Å². The third kappa shape index (κ3) is 4.07. The van der Waals surface area contributed by atoms with Gasteiger partial charge < -0.3 is 5.32 Å². The first kappa shape index (κ1) is 15.1. The van der Waals surface area contributed by atoms with E-state index in [0.29, 0.717) is 5.92 Å². The zero-order valence-corrected chi connectivity index (χ0v) is 15.0. The van der Waals surface area contributed by atoms with Crippen molar-refractivity contribution in [3.8, 4) is 0 Å². The number of hydrogen-bond acceptors (Lipinski definition) is 2. The van der Waals surface area contributed by atoms with E-state index in [1.54, 1.807) is 11.3 Å². The average molecular weight is 403 g/mol. The molecule has 0 aliphatic carbocycles. The first-order chi connectivity index (χ1) is 9.10. The third-order valence-electron chi connectivity index (χ3n) is 3.26. The van der Waals surface area contributed by atoms with Crippen LogP contribution in [0.4, 0.5) is 5.69 Å². The van der Waals surface area contributed by atoms with E-state index in [9.17, 15) is 0 Å². The van der Waals surface area contributed by atoms with Crippen LogP contribution in [0.25, 0.3) is 0 Å². The highest BCUT2D eigenvalue weighted by atomic mass is 79.9. The smallest absolute Gasteiger partial charge is 0.0843 e. The molecule has 1 heterocycles. The van der Waals surface area contributed by atoms with Gasteiger partial charge in [-0.15, -0.1) is 11.3 Å². The van der Waals surface area contributed by atoms with Gasteiger partial charge in [-0.1, -0.05) is 26.0 Å². The molecule has 1 atom stereocenters. The SMILES string of the molecule is CCC(C)c1ccc(NCc2cc(Br)c(Br)s2)cc1. The van der Waals surface area contributed by atoms with Gasteiger partial charge in [-0.05, 0) is 68.0 Å². The van der Waals surface area contributed by atoms with Crippen LogP contribution in [0.1, 0.15) is 36.6 Å². The Bertz CT molecular complexity index is 514. The van der Waals surface area contributed by atoms with Crippen LogP contribution in [-0.2, 0) is 6.54 Å². The lowest BCUT2D eigenvalue weighted by molar-refractivity contribution is 0.734. The van der Waals surface area contributed by atoms with Gasteiger partial charge in [-0.3, -0.25) is 0 Å². The molecule has 4 heteroatoms. The van der Waals surface area contributed by atoms with Crippen LogP contribution in [0.5, 0.6) is 0 Å². The second-order valence-electron chi connectivity index (χ2n) is 4.62. The highest BCUT2D eigenvalue weighted by Crippen LogP contribution is 2.32. The summed E-state index contributed by atoms with van der Waals surface area (Å²) >= 11 is 8.78. The summed E-state index contributed by atoms with van der Waals surface area (Å²) in [5.41, 5.74) is 2.59. The lowest BCUT2D eigenvalue weighted by Crippen LogP contribution is -1.98. The predicted molar refractivity (Wildman–Crippen MR) is 92.2 cm³/mol. The number of halogens is 2. The van der Waals surface area contributed by atoms with Gasteiger partial charge in [0.25, 0.3) is 0 Å². The number of thiophene rings is 1. The summed E-state index contributed by atoms with van der Waals surface area (Å²) in [6, 6.07) is 10.9. The van der Waals surface area contributed by atoms with E-state index in [2.05, 4.69) is 81.4 Å². The second-order valence-corrected chi connectivity index (χ2v) is 7.93. The molecule has 19 heavy (non-hydrogen) atoms. The van der Waals surface area contributed by atoms with Crippen molar-refractivity contribution in [3.05, 3.63) is 49.0 Å². The fourth-order valence-electron chi connectivity index (χ4n) is 1.83. The number of hydrogen-bond donors (Lipinski definition) is 1. The van der Waals surface area contributed by atoms with Gasteiger partial charge in [0, 0.05) is 21.6 Å². The molecule has 2 aromatic rings. The molecule has 0 amide bonds. The Morgan fingerprint density at radius 1 is 1.21 bits per heavy atom. The van der Waals surface area contributed by atoms with E-state index < -0.39 is 0 Å². The van der Waals surface area contributed by atoms with E-state index in [1.165, 1.54) is 22.5 Å². The fraction of sp³-hybridized carbons (Fsp3) is 0.333. The highest BCUT2D eigenvalue weighted by Gasteiger charge is 2.05. The maximum Gasteiger partial charge on any atom is 0.0843 e. The molecule has 2 rings (SSSR count). The van der Waals surface area contributed by atoms with Crippen molar-refractivity contribution < 1.29 is 0 Å². The fourth-order valence-corrected chi connectivity index (χ4v) is 3.95. The Hall–Kier alpha value is -0.320. The van der Waals surface area contributed by atoms with Gasteiger partial charge in [-0.2, -0.15) is 0 Å². The maximum atomic E-state index is 3.52. The minimum absolute atomic E-state index is 0.637. The van der Waals surface area contributed by atoms with Crippen molar-refractivity contribution in [1.29, 1.82) is 0 Å². The third-order valence-corrected chi connectivity index (χ3v) is 6.51. The summed E-state index contributed by atoms with van der Waals surface area (Å²) in [5, 5.41) is 3.45. The van der Waals surface area contributed by atoms with Gasteiger partial charge in [0.15, 0.2) is 0 Å². The van der Waals surface area contributed by atoms with E-state index in [0.717, 1.165) is 14.8 Å². The Morgan fingerprint density at radius 3 is 2.42 bits per heavy atom. The molecular formula is C15H17Br2NS. The van der Waals surface area contributed by atoms with Crippen molar-refractivity contribution in [1.82, 2.24) is 0 Å². The monoisotopic (exact) mass is 401 g/mol. The van der Waals surface area contributed by atoms with Gasteiger partial charge in [-0.25, -0.2) is 0 Å². The summed E-state index contributed by atoms with van der Waals surface area (Å²) in [6.07, 6.45) is 1.18. The lowest BCUT2D eigenvalue weighted by Gasteiger charge is -2.10. The molecule has 0 saturated carbocycles. The van der Waals surface area contributed by atoms with Gasteiger partial charge in [0.2, 0.25) is 0 Å². The first-order valence-corrected chi connectivity index (χ1v) is 8.78. The minimum Gasteiger partial charge on any atom is -0.380 e. The number of benzene rings is 1. The molecule has 1 unspecified atom stereocenters. The predicted octanol–water partition coefficient (Wildman–Crippen LogP) is 6.40. The number of anilines is 1. The van der Waals surface area contributed by atoms with Crippen LogP contribution >= 0.6 is 43.2 Å². The topological polar surface area (TPSA) is 12.0 Å². The Morgan fingerprint density at radius 2 is 1.89 bits per heavy atom. The number of rotatable bonds is 5. The standard InChI is InChI=1S/C15H17Br2NS/c1-3-10(2)11-4-6-12(7-5-11)18-9-13-8-14(16)15(17)19-13/h4-8,10,18H,3,9H2,1-2H3. The molecule has 0 radical (unpaired) electrons. The summed E-state index contributed by atoms with van der Waals surface area (Å²) in [4.78, 5) is 1.31. The number of nitrogens with one attached hydrogen (secondary N) is 1. The molecule has 0 aliphatic heterocycles. The van der Waals surface area contributed by atoms with Crippen molar-refractivity contribution in [2.45, 2.75) is 32.7 Å². The Kier molecular flexibility index (Phi) is 5.48. The summed E-state index contributed by atoms with van der Waals surface area (Å²) in [6.45, 7) is 5.35. The molecule has 0 saturated heterocycles. The summed E-state index contributed by atoms with van der Waals surface area (Å²) in [5.74, 6) is 0.637. The van der Waals surface area contributed by atoms with Crippen LogP contribution in [0.3, 0.4) is 0 Å². The van der Waals surface area contributed by atoms with E-state index in [1.807, 2.05) is 0 Å². The van der Waals surface area contributed by atoms with Crippen molar-refractivity contribution in [2.75, 3.05) is 5.32 Å². The normalized spacial score (nSPS) is 12.4. The van der Waals surface area contributed by atoms with E-state index in [4.69, 9.17) is 0 Å². The highest BCUT2D eigenvalue weighted by molar-refractivity contribution is 9.13. The zero-order valence-electron chi connectivity index (χ0n) is 11.0. The van der Waals surface area contributed by atoms with Crippen molar-refractivity contribution in [2.24, 2.45) is 0 Å². The molecule has 1 N–H and O–H groups in total. The molecular weight excluding hydrogens is 386 g/mol. The van der Waals surface area contributed by atoms with Crippen LogP contribution in [0, 0.1) is 0 Å². The van der Waals surface area contributed by atoms with Crippen LogP contribution < -0.4 is 5.32 Å². The quantitative estimate of drug-likeness (QED) is 0.610. The first-order valence-electron chi connectivity index (χ1n) is 6.37. The largest absolute Gasteiger partial charge is 0.380 e. The molecule has 0 fully saturated rings. The summed E-state index contributed by atoms with van der Waals surface area (Å²) in [7, 11) is 0. The molecule has 1 nitrogen and oxygen atoms in total. The maximum absolute atomic E-state index is 3.52. The Balaban J connectivity index is 1.96.